The summed E-state index contributed by atoms with van der Waals surface area (Å²) in [5.41, 5.74) is 2.17. The van der Waals surface area contributed by atoms with E-state index in [1.54, 1.807) is 0 Å². The highest BCUT2D eigenvalue weighted by Crippen LogP contribution is 2.17. The van der Waals surface area contributed by atoms with Crippen LogP contribution >= 0.6 is 0 Å². The first kappa shape index (κ1) is 16.0. The summed E-state index contributed by atoms with van der Waals surface area (Å²) in [7, 11) is 2.21. The minimum atomic E-state index is -0.0247. The number of likely N-dealkylation sites (tertiary alicyclic amines) is 1. The van der Waals surface area contributed by atoms with Crippen LogP contribution in [0.15, 0.2) is 24.3 Å². The van der Waals surface area contributed by atoms with E-state index in [0.29, 0.717) is 0 Å². The van der Waals surface area contributed by atoms with Gasteiger partial charge >= 0.3 is 0 Å². The molecule has 0 bridgehead atoms. The number of hydrogen-bond acceptors (Lipinski definition) is 3. The molecule has 0 radical (unpaired) electrons. The predicted octanol–water partition coefficient (Wildman–Crippen LogP) is 2.42. The molecule has 1 aliphatic rings. The average molecular weight is 289 g/mol. The molecule has 2 rings (SSSR count). The van der Waals surface area contributed by atoms with E-state index < -0.39 is 0 Å². The summed E-state index contributed by atoms with van der Waals surface area (Å²) in [4.78, 5) is 15.9. The van der Waals surface area contributed by atoms with E-state index in [9.17, 15) is 4.79 Å². The summed E-state index contributed by atoms with van der Waals surface area (Å²) in [5, 5.41) is 2.80. The first-order chi connectivity index (χ1) is 10.1. The maximum Gasteiger partial charge on any atom is 0.221 e. The van der Waals surface area contributed by atoms with E-state index in [-0.39, 0.29) is 5.91 Å². The molecule has 4 heteroatoms. The Balaban J connectivity index is 1.87. The summed E-state index contributed by atoms with van der Waals surface area (Å²) in [6.07, 6.45) is 1.31. The van der Waals surface area contributed by atoms with Gasteiger partial charge in [-0.2, -0.15) is 0 Å². The minimum absolute atomic E-state index is 0.0247. The van der Waals surface area contributed by atoms with E-state index in [1.807, 2.05) is 12.1 Å². The van der Waals surface area contributed by atoms with Gasteiger partial charge in [0.25, 0.3) is 0 Å². The Hall–Kier alpha value is -1.39. The van der Waals surface area contributed by atoms with Crippen LogP contribution in [0.1, 0.15) is 25.8 Å². The van der Waals surface area contributed by atoms with Crippen molar-refractivity contribution in [1.82, 2.24) is 9.80 Å². The van der Waals surface area contributed by atoms with Crippen molar-refractivity contribution in [2.24, 2.45) is 5.92 Å². The Bertz CT molecular complexity index is 458. The largest absolute Gasteiger partial charge is 0.326 e. The van der Waals surface area contributed by atoms with Crippen LogP contribution in [0, 0.1) is 5.92 Å². The van der Waals surface area contributed by atoms with Gasteiger partial charge in [0, 0.05) is 32.2 Å². The van der Waals surface area contributed by atoms with E-state index in [1.165, 1.54) is 38.5 Å². The van der Waals surface area contributed by atoms with Crippen LogP contribution in [0.2, 0.25) is 0 Å². The second-order valence-corrected chi connectivity index (χ2v) is 6.12. The molecule has 0 unspecified atom stereocenters. The zero-order valence-corrected chi connectivity index (χ0v) is 13.4. The molecular formula is C17H27N3O. The number of hydrogen-bond donors (Lipinski definition) is 1. The van der Waals surface area contributed by atoms with Gasteiger partial charge in [-0.1, -0.05) is 19.1 Å². The van der Waals surface area contributed by atoms with Crippen molar-refractivity contribution in [2.75, 3.05) is 38.5 Å². The number of carbonyl (C=O) groups excluding carboxylic acids is 1. The molecule has 1 heterocycles. The molecule has 0 aliphatic carbocycles. The van der Waals surface area contributed by atoms with Crippen LogP contribution in [0.25, 0.3) is 0 Å². The SMILES string of the molecule is CCN(Cc1ccc(NC(C)=O)cc1)C[C@@H]1CCN(C)C1. The fourth-order valence-electron chi connectivity index (χ4n) is 3.00. The molecule has 1 saturated heterocycles. The van der Waals surface area contributed by atoms with Crippen LogP contribution in [0.4, 0.5) is 5.69 Å². The number of carbonyl (C=O) groups is 1. The molecule has 1 fully saturated rings. The summed E-state index contributed by atoms with van der Waals surface area (Å²) >= 11 is 0. The molecule has 1 atom stereocenters. The molecule has 1 aromatic rings. The average Bonchev–Trinajstić information content (AvgIpc) is 2.85. The molecule has 1 N–H and O–H groups in total. The van der Waals surface area contributed by atoms with Gasteiger partial charge in [-0.15, -0.1) is 0 Å². The number of nitrogens with zero attached hydrogens (tertiary/aromatic N) is 2. The van der Waals surface area contributed by atoms with Gasteiger partial charge in [0.05, 0.1) is 0 Å². The lowest BCUT2D eigenvalue weighted by atomic mass is 10.1. The lowest BCUT2D eigenvalue weighted by Gasteiger charge is -2.24. The third-order valence-electron chi connectivity index (χ3n) is 4.13. The van der Waals surface area contributed by atoms with Gasteiger partial charge < -0.3 is 10.2 Å². The quantitative estimate of drug-likeness (QED) is 0.873. The van der Waals surface area contributed by atoms with Crippen molar-refractivity contribution >= 4 is 11.6 Å². The first-order valence-corrected chi connectivity index (χ1v) is 7.84. The van der Waals surface area contributed by atoms with Gasteiger partial charge in [0.1, 0.15) is 0 Å². The van der Waals surface area contributed by atoms with E-state index in [2.05, 4.69) is 41.2 Å². The summed E-state index contributed by atoms with van der Waals surface area (Å²) in [6, 6.07) is 8.17. The highest BCUT2D eigenvalue weighted by Gasteiger charge is 2.21. The second kappa shape index (κ2) is 7.57. The molecule has 4 nitrogen and oxygen atoms in total. The fraction of sp³-hybridized carbons (Fsp3) is 0.588. The number of amides is 1. The molecule has 116 valence electrons. The molecular weight excluding hydrogens is 262 g/mol. The van der Waals surface area contributed by atoms with Crippen molar-refractivity contribution in [3.63, 3.8) is 0 Å². The highest BCUT2D eigenvalue weighted by atomic mass is 16.1. The van der Waals surface area contributed by atoms with Crippen molar-refractivity contribution in [2.45, 2.75) is 26.8 Å². The first-order valence-electron chi connectivity index (χ1n) is 7.84. The van der Waals surface area contributed by atoms with Crippen molar-refractivity contribution in [3.8, 4) is 0 Å². The zero-order chi connectivity index (χ0) is 15.2. The lowest BCUT2D eigenvalue weighted by Crippen LogP contribution is -2.30. The molecule has 21 heavy (non-hydrogen) atoms. The number of nitrogens with one attached hydrogen (secondary N) is 1. The monoisotopic (exact) mass is 289 g/mol. The Morgan fingerprint density at radius 2 is 2.10 bits per heavy atom. The summed E-state index contributed by atoms with van der Waals surface area (Å²) in [5.74, 6) is 0.775. The smallest absolute Gasteiger partial charge is 0.221 e. The van der Waals surface area contributed by atoms with Gasteiger partial charge in [-0.05, 0) is 50.2 Å². The Morgan fingerprint density at radius 1 is 1.38 bits per heavy atom. The van der Waals surface area contributed by atoms with Crippen LogP contribution in [-0.4, -0.2) is 48.9 Å². The third kappa shape index (κ3) is 5.14. The maximum absolute atomic E-state index is 11.0. The number of anilines is 1. The van der Waals surface area contributed by atoms with Gasteiger partial charge in [-0.25, -0.2) is 0 Å². The maximum atomic E-state index is 11.0. The van der Waals surface area contributed by atoms with Gasteiger partial charge in [-0.3, -0.25) is 9.69 Å². The molecule has 1 amide bonds. The van der Waals surface area contributed by atoms with E-state index in [0.717, 1.165) is 24.7 Å². The van der Waals surface area contributed by atoms with Gasteiger partial charge in [0.2, 0.25) is 5.91 Å². The van der Waals surface area contributed by atoms with Crippen molar-refractivity contribution < 1.29 is 4.79 Å². The predicted molar refractivity (Wildman–Crippen MR) is 87.3 cm³/mol. The third-order valence-corrected chi connectivity index (χ3v) is 4.13. The molecule has 1 aliphatic heterocycles. The normalized spacial score (nSPS) is 19.1. The van der Waals surface area contributed by atoms with Gasteiger partial charge in [0.15, 0.2) is 0 Å². The molecule has 0 saturated carbocycles. The second-order valence-electron chi connectivity index (χ2n) is 6.12. The summed E-state index contributed by atoms with van der Waals surface area (Å²) in [6.45, 7) is 9.44. The standard InChI is InChI=1S/C17H27N3O/c1-4-20(13-16-9-10-19(3)11-16)12-15-5-7-17(8-6-15)18-14(2)21/h5-8,16H,4,9-13H2,1-3H3,(H,18,21)/t16-/m1/s1. The lowest BCUT2D eigenvalue weighted by molar-refractivity contribution is -0.114. The van der Waals surface area contributed by atoms with Crippen LogP contribution < -0.4 is 5.32 Å². The van der Waals surface area contributed by atoms with Crippen molar-refractivity contribution in [1.29, 1.82) is 0 Å². The van der Waals surface area contributed by atoms with Crippen LogP contribution in [0.3, 0.4) is 0 Å². The molecule has 0 aromatic heterocycles. The Morgan fingerprint density at radius 3 is 2.62 bits per heavy atom. The number of rotatable bonds is 6. The summed E-state index contributed by atoms with van der Waals surface area (Å²) < 4.78 is 0. The number of benzene rings is 1. The molecule has 0 spiro atoms. The van der Waals surface area contributed by atoms with E-state index >= 15 is 0 Å². The fourth-order valence-corrected chi connectivity index (χ4v) is 3.00. The van der Waals surface area contributed by atoms with Crippen molar-refractivity contribution in [3.05, 3.63) is 29.8 Å². The minimum Gasteiger partial charge on any atom is -0.326 e. The Labute approximate surface area is 128 Å². The van der Waals surface area contributed by atoms with Crippen LogP contribution in [-0.2, 0) is 11.3 Å². The zero-order valence-electron chi connectivity index (χ0n) is 13.4. The molecule has 1 aromatic carbocycles. The Kier molecular flexibility index (Phi) is 5.76. The highest BCUT2D eigenvalue weighted by molar-refractivity contribution is 5.88. The van der Waals surface area contributed by atoms with Crippen LogP contribution in [0.5, 0.6) is 0 Å². The van der Waals surface area contributed by atoms with E-state index in [4.69, 9.17) is 0 Å². The topological polar surface area (TPSA) is 35.6 Å².